The van der Waals surface area contributed by atoms with Crippen LogP contribution < -0.4 is 10.1 Å². The first-order valence-corrected chi connectivity index (χ1v) is 6.21. The predicted octanol–water partition coefficient (Wildman–Crippen LogP) is 3.26. The normalized spacial score (nSPS) is 12.0. The van der Waals surface area contributed by atoms with Gasteiger partial charge in [0.25, 0.3) is 0 Å². The van der Waals surface area contributed by atoms with Crippen molar-refractivity contribution in [1.29, 1.82) is 0 Å². The molecule has 0 aliphatic heterocycles. The molecule has 0 aliphatic carbocycles. The third kappa shape index (κ3) is 3.66. The minimum absolute atomic E-state index is 0.0297. The lowest BCUT2D eigenvalue weighted by Crippen LogP contribution is -2.13. The zero-order chi connectivity index (χ0) is 15.4. The van der Waals surface area contributed by atoms with Crippen molar-refractivity contribution in [2.45, 2.75) is 6.10 Å². The van der Waals surface area contributed by atoms with Crippen LogP contribution in [0.5, 0.6) is 5.75 Å². The first kappa shape index (κ1) is 15.2. The Kier molecular flexibility index (Phi) is 4.70. The van der Waals surface area contributed by atoms with E-state index in [2.05, 4.69) is 5.32 Å². The first-order valence-electron chi connectivity index (χ1n) is 6.21. The minimum Gasteiger partial charge on any atom is -0.494 e. The Hall–Kier alpha value is -2.21. The van der Waals surface area contributed by atoms with Gasteiger partial charge in [0.1, 0.15) is 11.6 Å². The molecule has 0 saturated carbocycles. The van der Waals surface area contributed by atoms with Crippen molar-refractivity contribution in [2.24, 2.45) is 0 Å². The third-order valence-electron chi connectivity index (χ3n) is 2.97. The van der Waals surface area contributed by atoms with Crippen molar-refractivity contribution in [3.05, 3.63) is 59.4 Å². The van der Waals surface area contributed by atoms with Crippen LogP contribution in [0.2, 0.25) is 0 Å². The maximum absolute atomic E-state index is 13.5. The molecule has 0 bridgehead atoms. The number of anilines is 1. The summed E-state index contributed by atoms with van der Waals surface area (Å²) in [7, 11) is 1.35. The smallest absolute Gasteiger partial charge is 0.167 e. The lowest BCUT2D eigenvalue weighted by Gasteiger charge is -2.14. The minimum atomic E-state index is -1.18. The molecule has 0 aliphatic rings. The fourth-order valence-corrected chi connectivity index (χ4v) is 1.87. The second-order valence-corrected chi connectivity index (χ2v) is 4.41. The van der Waals surface area contributed by atoms with Crippen molar-refractivity contribution in [2.75, 3.05) is 19.0 Å². The van der Waals surface area contributed by atoms with Gasteiger partial charge in [-0.2, -0.15) is 0 Å². The highest BCUT2D eigenvalue weighted by Crippen LogP contribution is 2.22. The number of rotatable bonds is 5. The monoisotopic (exact) mass is 297 g/mol. The number of nitrogens with one attached hydrogen (secondary N) is 1. The third-order valence-corrected chi connectivity index (χ3v) is 2.97. The molecule has 1 atom stereocenters. The van der Waals surface area contributed by atoms with Crippen molar-refractivity contribution >= 4 is 5.69 Å². The van der Waals surface area contributed by atoms with Crippen LogP contribution in [-0.2, 0) is 0 Å². The summed E-state index contributed by atoms with van der Waals surface area (Å²) in [5, 5.41) is 12.7. The molecule has 2 aromatic carbocycles. The largest absolute Gasteiger partial charge is 0.494 e. The van der Waals surface area contributed by atoms with E-state index in [1.54, 1.807) is 6.07 Å². The van der Waals surface area contributed by atoms with Crippen LogP contribution in [0.4, 0.5) is 18.9 Å². The van der Waals surface area contributed by atoms with Crippen LogP contribution in [0, 0.1) is 17.5 Å². The van der Waals surface area contributed by atoms with Crippen LogP contribution >= 0.6 is 0 Å². The number of methoxy groups -OCH3 is 1. The molecular weight excluding hydrogens is 283 g/mol. The van der Waals surface area contributed by atoms with Gasteiger partial charge in [-0.15, -0.1) is 0 Å². The maximum Gasteiger partial charge on any atom is 0.167 e. The van der Waals surface area contributed by atoms with Gasteiger partial charge in [-0.25, -0.2) is 13.2 Å². The van der Waals surface area contributed by atoms with Gasteiger partial charge < -0.3 is 15.2 Å². The molecule has 2 N–H and O–H groups in total. The molecule has 0 fully saturated rings. The highest BCUT2D eigenvalue weighted by Gasteiger charge is 2.13. The van der Waals surface area contributed by atoms with E-state index in [-0.39, 0.29) is 17.9 Å². The molecule has 0 heterocycles. The topological polar surface area (TPSA) is 41.5 Å². The van der Waals surface area contributed by atoms with Crippen molar-refractivity contribution in [3.63, 3.8) is 0 Å². The van der Waals surface area contributed by atoms with E-state index in [0.717, 1.165) is 6.07 Å². The zero-order valence-corrected chi connectivity index (χ0v) is 11.2. The van der Waals surface area contributed by atoms with E-state index in [1.165, 1.54) is 25.3 Å². The molecule has 0 saturated heterocycles. The number of ether oxygens (including phenoxy) is 1. The van der Waals surface area contributed by atoms with E-state index in [1.807, 2.05) is 0 Å². The lowest BCUT2D eigenvalue weighted by molar-refractivity contribution is 0.186. The molecule has 6 heteroatoms. The lowest BCUT2D eigenvalue weighted by atomic mass is 10.1. The van der Waals surface area contributed by atoms with Crippen LogP contribution in [0.15, 0.2) is 36.4 Å². The fourth-order valence-electron chi connectivity index (χ4n) is 1.87. The van der Waals surface area contributed by atoms with Crippen molar-refractivity contribution < 1.29 is 23.0 Å². The number of halogens is 3. The van der Waals surface area contributed by atoms with E-state index in [4.69, 9.17) is 4.74 Å². The van der Waals surface area contributed by atoms with Crippen molar-refractivity contribution in [3.8, 4) is 5.75 Å². The van der Waals surface area contributed by atoms with E-state index < -0.39 is 23.6 Å². The fraction of sp³-hybridized carbons (Fsp3) is 0.200. The van der Waals surface area contributed by atoms with Crippen molar-refractivity contribution in [1.82, 2.24) is 0 Å². The molecule has 1 unspecified atom stereocenters. The molecular formula is C15H14F3NO2. The van der Waals surface area contributed by atoms with Gasteiger partial charge in [0.05, 0.1) is 13.2 Å². The Morgan fingerprint density at radius 3 is 2.48 bits per heavy atom. The van der Waals surface area contributed by atoms with Crippen LogP contribution in [-0.4, -0.2) is 18.8 Å². The quantitative estimate of drug-likeness (QED) is 0.890. The Morgan fingerprint density at radius 1 is 1.10 bits per heavy atom. The highest BCUT2D eigenvalue weighted by atomic mass is 19.1. The summed E-state index contributed by atoms with van der Waals surface area (Å²) in [5.41, 5.74) is 0.382. The average Bonchev–Trinajstić information content (AvgIpc) is 2.45. The number of benzene rings is 2. The van der Waals surface area contributed by atoms with E-state index >= 15 is 0 Å². The maximum atomic E-state index is 13.5. The van der Waals surface area contributed by atoms with Gasteiger partial charge >= 0.3 is 0 Å². The van der Waals surface area contributed by atoms with Gasteiger partial charge in [-0.05, 0) is 18.2 Å². The molecule has 112 valence electrons. The average molecular weight is 297 g/mol. The number of aliphatic hydroxyl groups is 1. The molecule has 2 rings (SSSR count). The Balaban J connectivity index is 2.03. The molecule has 0 spiro atoms. The van der Waals surface area contributed by atoms with Gasteiger partial charge in [-0.3, -0.25) is 0 Å². The molecule has 3 nitrogen and oxygen atoms in total. The molecule has 0 radical (unpaired) electrons. The summed E-state index contributed by atoms with van der Waals surface area (Å²) >= 11 is 0. The Bertz CT molecular complexity index is 634. The summed E-state index contributed by atoms with van der Waals surface area (Å²) in [5.74, 6) is -1.99. The van der Waals surface area contributed by atoms with Crippen LogP contribution in [0.1, 0.15) is 11.7 Å². The second-order valence-electron chi connectivity index (χ2n) is 4.41. The van der Waals surface area contributed by atoms with Gasteiger partial charge in [0.15, 0.2) is 11.6 Å². The summed E-state index contributed by atoms with van der Waals surface area (Å²) < 4.78 is 44.5. The Morgan fingerprint density at radius 2 is 1.86 bits per heavy atom. The van der Waals surface area contributed by atoms with Crippen LogP contribution in [0.3, 0.4) is 0 Å². The highest BCUT2D eigenvalue weighted by molar-refractivity contribution is 5.47. The first-order chi connectivity index (χ1) is 10.0. The van der Waals surface area contributed by atoms with Gasteiger partial charge in [0, 0.05) is 29.9 Å². The van der Waals surface area contributed by atoms with Gasteiger partial charge in [0.2, 0.25) is 0 Å². The van der Waals surface area contributed by atoms with E-state index in [9.17, 15) is 18.3 Å². The number of hydrogen-bond acceptors (Lipinski definition) is 3. The SMILES string of the molecule is COc1ccc(NCC(O)c2ccc(F)cc2F)cc1F. The number of aliphatic hydroxyl groups excluding tert-OH is 1. The summed E-state index contributed by atoms with van der Waals surface area (Å²) in [4.78, 5) is 0. The van der Waals surface area contributed by atoms with E-state index in [0.29, 0.717) is 11.8 Å². The molecule has 21 heavy (non-hydrogen) atoms. The summed E-state index contributed by atoms with van der Waals surface area (Å²) in [6.07, 6.45) is -1.18. The predicted molar refractivity (Wildman–Crippen MR) is 72.8 cm³/mol. The number of hydrogen-bond donors (Lipinski definition) is 2. The molecule has 0 aromatic heterocycles. The summed E-state index contributed by atoms with van der Waals surface area (Å²) in [6, 6.07) is 7.14. The second kappa shape index (κ2) is 6.49. The molecule has 2 aromatic rings. The van der Waals surface area contributed by atoms with Crippen LogP contribution in [0.25, 0.3) is 0 Å². The Labute approximate surface area is 120 Å². The standard InChI is InChI=1S/C15H14F3NO2/c1-21-15-5-3-10(7-13(15)18)19-8-14(20)11-4-2-9(16)6-12(11)17/h2-7,14,19-20H,8H2,1H3. The zero-order valence-electron chi connectivity index (χ0n) is 11.2. The molecule has 0 amide bonds. The summed E-state index contributed by atoms with van der Waals surface area (Å²) in [6.45, 7) is -0.0473. The van der Waals surface area contributed by atoms with Gasteiger partial charge in [-0.1, -0.05) is 6.07 Å².